The number of carbonyl (C=O) groups is 3. The predicted octanol–water partition coefficient (Wildman–Crippen LogP) is 5.34. The van der Waals surface area contributed by atoms with Gasteiger partial charge in [-0.2, -0.15) is 0 Å². The molecule has 1 aliphatic carbocycles. The van der Waals surface area contributed by atoms with E-state index in [1.54, 1.807) is 71.9 Å². The highest BCUT2D eigenvalue weighted by molar-refractivity contribution is 5.87. The van der Waals surface area contributed by atoms with Crippen LogP contribution in [-0.2, 0) is 19.1 Å². The van der Waals surface area contributed by atoms with Gasteiger partial charge in [-0.3, -0.25) is 4.90 Å². The normalized spacial score (nSPS) is 17.2. The SMILES string of the molecule is CC(C)(C)OC(=O)C(c1ccccc1)N(C(=O)OC(C)(C)C)[C@H](C(=O)O)C1CCCCC1. The average Bonchev–Trinajstić information content (AvgIpc) is 2.66. The Morgan fingerprint density at radius 1 is 0.906 bits per heavy atom. The molecule has 0 saturated heterocycles. The Morgan fingerprint density at radius 3 is 1.91 bits per heavy atom. The lowest BCUT2D eigenvalue weighted by atomic mass is 9.82. The van der Waals surface area contributed by atoms with Gasteiger partial charge in [-0.25, -0.2) is 14.4 Å². The molecule has 32 heavy (non-hydrogen) atoms. The summed E-state index contributed by atoms with van der Waals surface area (Å²) >= 11 is 0. The van der Waals surface area contributed by atoms with E-state index in [9.17, 15) is 19.5 Å². The van der Waals surface area contributed by atoms with Gasteiger partial charge in [0.2, 0.25) is 0 Å². The van der Waals surface area contributed by atoms with Crippen molar-refractivity contribution in [1.29, 1.82) is 0 Å². The van der Waals surface area contributed by atoms with Gasteiger partial charge in [0.1, 0.15) is 17.2 Å². The standard InChI is InChI=1S/C25H37NO6/c1-24(2,3)31-22(29)20(18-15-11-8-12-16-18)26(23(30)32-25(4,5)6)19(21(27)28)17-13-9-7-10-14-17/h8,11-12,15-17,19-20H,7,9-10,13-14H2,1-6H3,(H,27,28)/t19-,20?/m0/s1. The Morgan fingerprint density at radius 2 is 1.44 bits per heavy atom. The summed E-state index contributed by atoms with van der Waals surface area (Å²) in [7, 11) is 0. The van der Waals surface area contributed by atoms with E-state index in [4.69, 9.17) is 9.47 Å². The van der Waals surface area contributed by atoms with Crippen molar-refractivity contribution >= 4 is 18.0 Å². The van der Waals surface area contributed by atoms with Crippen LogP contribution in [0.1, 0.15) is 85.3 Å². The van der Waals surface area contributed by atoms with Crippen LogP contribution < -0.4 is 0 Å². The summed E-state index contributed by atoms with van der Waals surface area (Å²) in [6, 6.07) is 6.24. The van der Waals surface area contributed by atoms with E-state index in [-0.39, 0.29) is 5.92 Å². The molecule has 1 aromatic carbocycles. The molecule has 1 aromatic rings. The molecule has 2 atom stereocenters. The van der Waals surface area contributed by atoms with Crippen LogP contribution in [0.3, 0.4) is 0 Å². The number of carbonyl (C=O) groups excluding carboxylic acids is 2. The molecule has 1 amide bonds. The third-order valence-corrected chi connectivity index (χ3v) is 5.28. The summed E-state index contributed by atoms with van der Waals surface area (Å²) in [5.74, 6) is -2.11. The average molecular weight is 448 g/mol. The van der Waals surface area contributed by atoms with Gasteiger partial charge in [0.15, 0.2) is 6.04 Å². The molecule has 178 valence electrons. The second kappa shape index (κ2) is 10.4. The third-order valence-electron chi connectivity index (χ3n) is 5.28. The van der Waals surface area contributed by atoms with Gasteiger partial charge in [0, 0.05) is 0 Å². The molecule has 1 fully saturated rings. The first kappa shape index (κ1) is 25.7. The maximum Gasteiger partial charge on any atom is 0.412 e. The zero-order chi connectivity index (χ0) is 24.1. The molecule has 7 heteroatoms. The van der Waals surface area contributed by atoms with Gasteiger partial charge in [0.25, 0.3) is 0 Å². The number of amides is 1. The molecular weight excluding hydrogens is 410 g/mol. The van der Waals surface area contributed by atoms with Crippen molar-refractivity contribution in [2.75, 3.05) is 0 Å². The molecule has 0 spiro atoms. The van der Waals surface area contributed by atoms with Crippen LogP contribution in [0.25, 0.3) is 0 Å². The van der Waals surface area contributed by atoms with Crippen LogP contribution in [0.2, 0.25) is 0 Å². The minimum atomic E-state index is -1.24. The van der Waals surface area contributed by atoms with E-state index in [0.717, 1.165) is 24.2 Å². The fourth-order valence-corrected chi connectivity index (χ4v) is 4.10. The van der Waals surface area contributed by atoms with E-state index in [1.165, 1.54) is 0 Å². The van der Waals surface area contributed by atoms with Gasteiger partial charge in [-0.05, 0) is 65.9 Å². The van der Waals surface area contributed by atoms with Crippen LogP contribution >= 0.6 is 0 Å². The molecular formula is C25H37NO6. The number of nitrogens with zero attached hydrogens (tertiary/aromatic N) is 1. The van der Waals surface area contributed by atoms with Crippen LogP contribution in [0.4, 0.5) is 4.79 Å². The maximum atomic E-state index is 13.5. The number of hydrogen-bond donors (Lipinski definition) is 1. The van der Waals surface area contributed by atoms with E-state index in [0.29, 0.717) is 18.4 Å². The number of rotatable bonds is 6. The lowest BCUT2D eigenvalue weighted by molar-refractivity contribution is -0.165. The van der Waals surface area contributed by atoms with E-state index in [2.05, 4.69) is 0 Å². The van der Waals surface area contributed by atoms with E-state index < -0.39 is 41.3 Å². The van der Waals surface area contributed by atoms with E-state index in [1.807, 2.05) is 0 Å². The second-order valence-corrected chi connectivity index (χ2v) is 10.4. The zero-order valence-corrected chi connectivity index (χ0v) is 20.1. The fourth-order valence-electron chi connectivity index (χ4n) is 4.10. The molecule has 2 rings (SSSR count). The first-order chi connectivity index (χ1) is 14.8. The number of carboxylic acids is 1. The zero-order valence-electron chi connectivity index (χ0n) is 20.1. The predicted molar refractivity (Wildman–Crippen MR) is 121 cm³/mol. The second-order valence-electron chi connectivity index (χ2n) is 10.4. The van der Waals surface area contributed by atoms with Crippen molar-refractivity contribution in [3.05, 3.63) is 35.9 Å². The van der Waals surface area contributed by atoms with Crippen molar-refractivity contribution in [3.8, 4) is 0 Å². The monoisotopic (exact) mass is 447 g/mol. The molecule has 1 saturated carbocycles. The Kier molecular flexibility index (Phi) is 8.32. The third kappa shape index (κ3) is 7.24. The molecule has 1 N–H and O–H groups in total. The molecule has 7 nitrogen and oxygen atoms in total. The smallest absolute Gasteiger partial charge is 0.412 e. The summed E-state index contributed by atoms with van der Waals surface area (Å²) in [6.45, 7) is 10.3. The Hall–Kier alpha value is -2.57. The number of carboxylic acid groups (broad SMARTS) is 1. The summed E-state index contributed by atoms with van der Waals surface area (Å²) in [5, 5.41) is 10.3. The van der Waals surface area contributed by atoms with Crippen molar-refractivity contribution < 1.29 is 29.0 Å². The molecule has 0 bridgehead atoms. The van der Waals surface area contributed by atoms with Gasteiger partial charge in [-0.1, -0.05) is 49.6 Å². The highest BCUT2D eigenvalue weighted by Crippen LogP contribution is 2.36. The van der Waals surface area contributed by atoms with Crippen LogP contribution in [0, 0.1) is 5.92 Å². The number of aliphatic carboxylic acids is 1. The molecule has 1 unspecified atom stereocenters. The largest absolute Gasteiger partial charge is 0.480 e. The lowest BCUT2D eigenvalue weighted by Gasteiger charge is -2.40. The first-order valence-electron chi connectivity index (χ1n) is 11.3. The Balaban J connectivity index is 2.63. The van der Waals surface area contributed by atoms with Crippen LogP contribution in [0.5, 0.6) is 0 Å². The Labute approximate surface area is 191 Å². The topological polar surface area (TPSA) is 93.1 Å². The summed E-state index contributed by atoms with van der Waals surface area (Å²) in [5.41, 5.74) is -1.19. The van der Waals surface area contributed by atoms with Gasteiger partial charge in [0.05, 0.1) is 0 Å². The molecule has 1 aliphatic rings. The summed E-state index contributed by atoms with van der Waals surface area (Å²) in [6.07, 6.45) is 3.31. The highest BCUT2D eigenvalue weighted by Gasteiger charge is 2.46. The fraction of sp³-hybridized carbons (Fsp3) is 0.640. The van der Waals surface area contributed by atoms with Crippen molar-refractivity contribution in [2.45, 2.75) is 96.9 Å². The van der Waals surface area contributed by atoms with E-state index >= 15 is 0 Å². The van der Waals surface area contributed by atoms with Gasteiger partial charge < -0.3 is 14.6 Å². The number of ether oxygens (including phenoxy) is 2. The molecule has 0 aromatic heterocycles. The quantitative estimate of drug-likeness (QED) is 0.592. The van der Waals surface area contributed by atoms with Crippen LogP contribution in [0.15, 0.2) is 30.3 Å². The molecule has 0 radical (unpaired) electrons. The van der Waals surface area contributed by atoms with Gasteiger partial charge in [-0.15, -0.1) is 0 Å². The van der Waals surface area contributed by atoms with Crippen molar-refractivity contribution in [1.82, 2.24) is 4.90 Å². The van der Waals surface area contributed by atoms with Crippen molar-refractivity contribution in [3.63, 3.8) is 0 Å². The minimum Gasteiger partial charge on any atom is -0.480 e. The Bertz CT molecular complexity index is 787. The number of esters is 1. The minimum absolute atomic E-state index is 0.276. The summed E-state index contributed by atoms with van der Waals surface area (Å²) < 4.78 is 11.3. The lowest BCUT2D eigenvalue weighted by Crippen LogP contribution is -2.55. The number of hydrogen-bond acceptors (Lipinski definition) is 5. The maximum absolute atomic E-state index is 13.5. The highest BCUT2D eigenvalue weighted by atomic mass is 16.6. The van der Waals surface area contributed by atoms with Crippen LogP contribution in [-0.4, -0.2) is 45.3 Å². The molecule has 0 aliphatic heterocycles. The van der Waals surface area contributed by atoms with Crippen molar-refractivity contribution in [2.24, 2.45) is 5.92 Å². The summed E-state index contributed by atoms with van der Waals surface area (Å²) in [4.78, 5) is 40.5. The van der Waals surface area contributed by atoms with Gasteiger partial charge >= 0.3 is 18.0 Å². The number of benzene rings is 1. The first-order valence-corrected chi connectivity index (χ1v) is 11.3. The molecule has 0 heterocycles.